The SMILES string of the molecule is CC1COCCC1N=C(N)Nc1ccccc1. The lowest BCUT2D eigenvalue weighted by Crippen LogP contribution is -2.32. The van der Waals surface area contributed by atoms with Crippen molar-refractivity contribution in [3.63, 3.8) is 0 Å². The van der Waals surface area contributed by atoms with Crippen LogP contribution >= 0.6 is 0 Å². The van der Waals surface area contributed by atoms with Gasteiger partial charge in [-0.3, -0.25) is 0 Å². The summed E-state index contributed by atoms with van der Waals surface area (Å²) in [7, 11) is 0. The van der Waals surface area contributed by atoms with Crippen LogP contribution in [0.4, 0.5) is 5.69 Å². The second kappa shape index (κ2) is 5.68. The van der Waals surface area contributed by atoms with E-state index in [1.807, 2.05) is 30.3 Å². The number of rotatable bonds is 2. The predicted molar refractivity (Wildman–Crippen MR) is 70.1 cm³/mol. The predicted octanol–water partition coefficient (Wildman–Crippen LogP) is 1.84. The third-order valence-corrected chi connectivity index (χ3v) is 2.95. The second-order valence-electron chi connectivity index (χ2n) is 4.41. The summed E-state index contributed by atoms with van der Waals surface area (Å²) in [5.41, 5.74) is 6.86. The maximum atomic E-state index is 5.90. The highest BCUT2D eigenvalue weighted by Gasteiger charge is 2.21. The topological polar surface area (TPSA) is 59.6 Å². The van der Waals surface area contributed by atoms with Gasteiger partial charge in [0.05, 0.1) is 12.6 Å². The van der Waals surface area contributed by atoms with E-state index >= 15 is 0 Å². The Hall–Kier alpha value is -1.55. The minimum atomic E-state index is 0.264. The van der Waals surface area contributed by atoms with Gasteiger partial charge in [-0.2, -0.15) is 0 Å². The van der Waals surface area contributed by atoms with Crippen LogP contribution < -0.4 is 11.1 Å². The molecule has 0 aliphatic carbocycles. The quantitative estimate of drug-likeness (QED) is 0.605. The van der Waals surface area contributed by atoms with Crippen LogP contribution in [0.15, 0.2) is 35.3 Å². The van der Waals surface area contributed by atoms with Crippen molar-refractivity contribution in [2.75, 3.05) is 18.5 Å². The zero-order valence-corrected chi connectivity index (χ0v) is 10.1. The maximum absolute atomic E-state index is 5.90. The van der Waals surface area contributed by atoms with Crippen LogP contribution in [-0.2, 0) is 4.74 Å². The van der Waals surface area contributed by atoms with E-state index in [-0.39, 0.29) is 6.04 Å². The number of para-hydroxylation sites is 1. The van der Waals surface area contributed by atoms with Crippen LogP contribution in [0.3, 0.4) is 0 Å². The molecule has 1 aromatic rings. The summed E-state index contributed by atoms with van der Waals surface area (Å²) in [6.07, 6.45) is 0.943. The molecule has 0 radical (unpaired) electrons. The molecule has 1 aromatic carbocycles. The molecule has 2 unspecified atom stereocenters. The number of aliphatic imine (C=N–C) groups is 1. The Kier molecular flexibility index (Phi) is 3.98. The number of benzene rings is 1. The lowest BCUT2D eigenvalue weighted by Gasteiger charge is -2.26. The van der Waals surface area contributed by atoms with Crippen molar-refractivity contribution < 1.29 is 4.74 Å². The van der Waals surface area contributed by atoms with Crippen LogP contribution in [0.5, 0.6) is 0 Å². The van der Waals surface area contributed by atoms with Gasteiger partial charge in [-0.15, -0.1) is 0 Å². The summed E-state index contributed by atoms with van der Waals surface area (Å²) in [6.45, 7) is 3.69. The van der Waals surface area contributed by atoms with Crippen LogP contribution in [0.1, 0.15) is 13.3 Å². The van der Waals surface area contributed by atoms with E-state index < -0.39 is 0 Å². The van der Waals surface area contributed by atoms with Gasteiger partial charge in [-0.05, 0) is 18.6 Å². The Morgan fingerprint density at radius 2 is 2.18 bits per heavy atom. The van der Waals surface area contributed by atoms with Crippen molar-refractivity contribution >= 4 is 11.6 Å². The van der Waals surface area contributed by atoms with Crippen LogP contribution in [0, 0.1) is 5.92 Å². The number of guanidine groups is 1. The first-order valence-corrected chi connectivity index (χ1v) is 5.99. The Bertz CT molecular complexity index is 378. The molecule has 1 heterocycles. The fourth-order valence-electron chi connectivity index (χ4n) is 1.94. The van der Waals surface area contributed by atoms with Gasteiger partial charge in [0.1, 0.15) is 0 Å². The maximum Gasteiger partial charge on any atom is 0.193 e. The molecule has 17 heavy (non-hydrogen) atoms. The third-order valence-electron chi connectivity index (χ3n) is 2.95. The molecule has 0 aromatic heterocycles. The van der Waals surface area contributed by atoms with Crippen LogP contribution in [0.25, 0.3) is 0 Å². The Morgan fingerprint density at radius 3 is 2.88 bits per heavy atom. The molecule has 0 spiro atoms. The van der Waals surface area contributed by atoms with Gasteiger partial charge in [-0.1, -0.05) is 25.1 Å². The summed E-state index contributed by atoms with van der Waals surface area (Å²) in [6, 6.07) is 10.1. The summed E-state index contributed by atoms with van der Waals surface area (Å²) in [5, 5.41) is 3.10. The molecule has 0 saturated carbocycles. The van der Waals surface area contributed by atoms with Crippen molar-refractivity contribution in [3.05, 3.63) is 30.3 Å². The zero-order valence-electron chi connectivity index (χ0n) is 10.1. The van der Waals surface area contributed by atoms with E-state index in [9.17, 15) is 0 Å². The molecule has 92 valence electrons. The molecule has 1 fully saturated rings. The van der Waals surface area contributed by atoms with E-state index in [0.717, 1.165) is 25.3 Å². The number of hydrogen-bond acceptors (Lipinski definition) is 2. The van der Waals surface area contributed by atoms with E-state index in [1.165, 1.54) is 0 Å². The average molecular weight is 233 g/mol. The Labute approximate surface area is 102 Å². The number of ether oxygens (including phenoxy) is 1. The first-order chi connectivity index (χ1) is 8.25. The number of anilines is 1. The van der Waals surface area contributed by atoms with Gasteiger partial charge in [0.15, 0.2) is 5.96 Å². The first kappa shape index (κ1) is 11.9. The molecule has 1 aliphatic rings. The van der Waals surface area contributed by atoms with E-state index in [4.69, 9.17) is 10.5 Å². The van der Waals surface area contributed by atoms with Crippen LogP contribution in [0.2, 0.25) is 0 Å². The van der Waals surface area contributed by atoms with Crippen molar-refractivity contribution in [1.82, 2.24) is 0 Å². The second-order valence-corrected chi connectivity index (χ2v) is 4.41. The van der Waals surface area contributed by atoms with Crippen molar-refractivity contribution in [2.45, 2.75) is 19.4 Å². The molecule has 2 rings (SSSR count). The van der Waals surface area contributed by atoms with Gasteiger partial charge in [0.25, 0.3) is 0 Å². The van der Waals surface area contributed by atoms with Crippen molar-refractivity contribution in [3.8, 4) is 0 Å². The molecular formula is C13H19N3O. The fourth-order valence-corrected chi connectivity index (χ4v) is 1.94. The molecule has 2 atom stereocenters. The van der Waals surface area contributed by atoms with Gasteiger partial charge in [0, 0.05) is 18.2 Å². The summed E-state index contributed by atoms with van der Waals surface area (Å²) in [5.74, 6) is 0.912. The number of nitrogens with zero attached hydrogens (tertiary/aromatic N) is 1. The molecule has 4 heteroatoms. The highest BCUT2D eigenvalue weighted by molar-refractivity contribution is 5.92. The summed E-state index contributed by atoms with van der Waals surface area (Å²) in [4.78, 5) is 4.52. The molecular weight excluding hydrogens is 214 g/mol. The molecule has 1 aliphatic heterocycles. The monoisotopic (exact) mass is 233 g/mol. The highest BCUT2D eigenvalue weighted by Crippen LogP contribution is 2.17. The lowest BCUT2D eigenvalue weighted by molar-refractivity contribution is 0.0496. The third kappa shape index (κ3) is 3.46. The van der Waals surface area contributed by atoms with Gasteiger partial charge in [-0.25, -0.2) is 4.99 Å². The van der Waals surface area contributed by atoms with Crippen molar-refractivity contribution in [1.29, 1.82) is 0 Å². The standard InChI is InChI=1S/C13H19N3O/c1-10-9-17-8-7-12(10)16-13(14)15-11-5-3-2-4-6-11/h2-6,10,12H,7-9H2,1H3,(H3,14,15,16). The van der Waals surface area contributed by atoms with E-state index in [2.05, 4.69) is 17.2 Å². The molecule has 1 saturated heterocycles. The largest absolute Gasteiger partial charge is 0.381 e. The fraction of sp³-hybridized carbons (Fsp3) is 0.462. The number of hydrogen-bond donors (Lipinski definition) is 2. The average Bonchev–Trinajstić information content (AvgIpc) is 2.33. The first-order valence-electron chi connectivity index (χ1n) is 5.99. The number of nitrogens with two attached hydrogens (primary N) is 1. The number of nitrogens with one attached hydrogen (secondary N) is 1. The van der Waals surface area contributed by atoms with Gasteiger partial charge >= 0.3 is 0 Å². The summed E-state index contributed by atoms with van der Waals surface area (Å²) >= 11 is 0. The minimum absolute atomic E-state index is 0.264. The van der Waals surface area contributed by atoms with Crippen LogP contribution in [-0.4, -0.2) is 25.2 Å². The minimum Gasteiger partial charge on any atom is -0.381 e. The Balaban J connectivity index is 1.96. The smallest absolute Gasteiger partial charge is 0.193 e. The highest BCUT2D eigenvalue weighted by atomic mass is 16.5. The molecule has 3 N–H and O–H groups in total. The lowest BCUT2D eigenvalue weighted by atomic mass is 9.99. The normalized spacial score (nSPS) is 25.6. The van der Waals surface area contributed by atoms with E-state index in [0.29, 0.717) is 11.9 Å². The molecule has 0 amide bonds. The van der Waals surface area contributed by atoms with Gasteiger partial charge < -0.3 is 15.8 Å². The zero-order chi connectivity index (χ0) is 12.1. The van der Waals surface area contributed by atoms with Gasteiger partial charge in [0.2, 0.25) is 0 Å². The Morgan fingerprint density at radius 1 is 1.41 bits per heavy atom. The molecule has 0 bridgehead atoms. The van der Waals surface area contributed by atoms with Crippen molar-refractivity contribution in [2.24, 2.45) is 16.6 Å². The summed E-state index contributed by atoms with van der Waals surface area (Å²) < 4.78 is 5.38. The van der Waals surface area contributed by atoms with E-state index in [1.54, 1.807) is 0 Å². The molecule has 4 nitrogen and oxygen atoms in total.